The molecule has 1 aromatic heterocycles. The highest BCUT2D eigenvalue weighted by atomic mass is 35.5. The van der Waals surface area contributed by atoms with Crippen molar-refractivity contribution in [1.82, 2.24) is 4.57 Å². The number of halogens is 1. The summed E-state index contributed by atoms with van der Waals surface area (Å²) >= 11 is 6.15. The average Bonchev–Trinajstić information content (AvgIpc) is 2.80. The Hall–Kier alpha value is -3.45. The normalized spacial score (nSPS) is 19.0. The lowest BCUT2D eigenvalue weighted by atomic mass is 9.83. The van der Waals surface area contributed by atoms with Crippen LogP contribution in [0.4, 0.5) is 17.1 Å². The van der Waals surface area contributed by atoms with Gasteiger partial charge in [-0.2, -0.15) is 0 Å². The third-order valence-corrected chi connectivity index (χ3v) is 6.82. The number of benzene rings is 2. The van der Waals surface area contributed by atoms with E-state index in [-0.39, 0.29) is 17.4 Å². The number of nitrogen functional groups attached to an aromatic ring is 1. The third-order valence-electron chi connectivity index (χ3n) is 6.52. The fourth-order valence-electron chi connectivity index (χ4n) is 5.02. The zero-order chi connectivity index (χ0) is 23.1. The second-order valence-corrected chi connectivity index (χ2v) is 9.09. The van der Waals surface area contributed by atoms with Crippen molar-refractivity contribution in [1.29, 1.82) is 0 Å². The van der Waals surface area contributed by atoms with E-state index in [1.807, 2.05) is 22.8 Å². The first-order valence-corrected chi connectivity index (χ1v) is 11.3. The van der Waals surface area contributed by atoms with Crippen LogP contribution in [-0.2, 0) is 6.54 Å². The first-order valence-electron chi connectivity index (χ1n) is 10.9. The van der Waals surface area contributed by atoms with E-state index in [0.717, 1.165) is 37.4 Å². The van der Waals surface area contributed by atoms with Crippen LogP contribution in [0.2, 0.25) is 5.02 Å². The molecular formula is C25H25ClN4O3. The van der Waals surface area contributed by atoms with Crippen LogP contribution in [0.3, 0.4) is 0 Å². The molecule has 1 fully saturated rings. The number of nitrogens with one attached hydrogen (secondary N) is 1. The molecule has 3 aromatic rings. The smallest absolute Gasteiger partial charge is 0.255 e. The highest BCUT2D eigenvalue weighted by molar-refractivity contribution is 6.32. The number of anilines is 3. The largest absolute Gasteiger partial charge is 0.495 e. The molecule has 33 heavy (non-hydrogen) atoms. The van der Waals surface area contributed by atoms with Crippen LogP contribution in [0.15, 0.2) is 59.4 Å². The molecule has 1 amide bonds. The van der Waals surface area contributed by atoms with Crippen LogP contribution in [-0.4, -0.2) is 30.7 Å². The number of amides is 1. The molecule has 2 aromatic carbocycles. The number of aromatic nitrogens is 1. The molecule has 7 nitrogen and oxygen atoms in total. The number of nitrogens with two attached hydrogens (primary N) is 1. The molecule has 3 N–H and O–H groups in total. The molecule has 1 saturated heterocycles. The van der Waals surface area contributed by atoms with E-state index in [1.54, 1.807) is 36.4 Å². The zero-order valence-electron chi connectivity index (χ0n) is 18.3. The minimum absolute atomic E-state index is 0.0728. The van der Waals surface area contributed by atoms with Crippen molar-refractivity contribution in [3.8, 4) is 5.75 Å². The van der Waals surface area contributed by atoms with Crippen LogP contribution >= 0.6 is 11.6 Å². The van der Waals surface area contributed by atoms with Crippen molar-refractivity contribution >= 4 is 34.6 Å². The standard InChI is InChI=1S/C25H25ClN4O3/c1-33-23-8-6-18(11-19(23)26)28-25(32)16-5-7-22(20(27)10-16)29-12-15-9-17(14-29)21-3-2-4-24(31)30(21)13-15/h2-8,10-11,15,17H,9,12-14,27H2,1H3,(H,28,32). The number of nitrogens with zero attached hydrogens (tertiary/aromatic N) is 2. The Balaban J connectivity index is 1.34. The quantitative estimate of drug-likeness (QED) is 0.570. The summed E-state index contributed by atoms with van der Waals surface area (Å²) < 4.78 is 7.06. The van der Waals surface area contributed by atoms with Crippen LogP contribution in [0.25, 0.3) is 0 Å². The highest BCUT2D eigenvalue weighted by Crippen LogP contribution is 2.38. The summed E-state index contributed by atoms with van der Waals surface area (Å²) in [6, 6.07) is 16.0. The Bertz CT molecular complexity index is 1290. The number of hydrogen-bond donors (Lipinski definition) is 2. The molecule has 170 valence electrons. The molecule has 2 unspecified atom stereocenters. The Labute approximate surface area is 196 Å². The second-order valence-electron chi connectivity index (χ2n) is 8.68. The molecule has 2 bridgehead atoms. The van der Waals surface area contributed by atoms with Gasteiger partial charge in [0.25, 0.3) is 11.5 Å². The first-order chi connectivity index (χ1) is 15.9. The predicted molar refractivity (Wildman–Crippen MR) is 131 cm³/mol. The summed E-state index contributed by atoms with van der Waals surface area (Å²) in [6.45, 7) is 2.35. The van der Waals surface area contributed by atoms with Crippen LogP contribution in [0.5, 0.6) is 5.75 Å². The molecular weight excluding hydrogens is 440 g/mol. The van der Waals surface area contributed by atoms with Crippen LogP contribution < -0.4 is 26.2 Å². The maximum Gasteiger partial charge on any atom is 0.255 e. The maximum atomic E-state index is 12.8. The molecule has 0 spiro atoms. The zero-order valence-corrected chi connectivity index (χ0v) is 19.0. The van der Waals surface area contributed by atoms with Crippen molar-refractivity contribution in [3.63, 3.8) is 0 Å². The fourth-order valence-corrected chi connectivity index (χ4v) is 5.28. The Kier molecular flexibility index (Phi) is 5.50. The number of fused-ring (bicyclic) bond motifs is 4. The van der Waals surface area contributed by atoms with Crippen molar-refractivity contribution in [2.45, 2.75) is 18.9 Å². The Morgan fingerprint density at radius 2 is 1.97 bits per heavy atom. The number of rotatable bonds is 4. The molecule has 2 aliphatic heterocycles. The molecule has 0 radical (unpaired) electrons. The lowest BCUT2D eigenvalue weighted by molar-refractivity contribution is 0.102. The number of piperidine rings is 1. The number of methoxy groups -OCH3 is 1. The molecule has 0 aliphatic carbocycles. The number of pyridine rings is 1. The van der Waals surface area contributed by atoms with Gasteiger partial charge >= 0.3 is 0 Å². The minimum atomic E-state index is -0.265. The summed E-state index contributed by atoms with van der Waals surface area (Å²) in [5.74, 6) is 0.951. The van der Waals surface area contributed by atoms with E-state index in [9.17, 15) is 9.59 Å². The summed E-state index contributed by atoms with van der Waals surface area (Å²) in [7, 11) is 1.54. The van der Waals surface area contributed by atoms with Gasteiger partial charge in [-0.05, 0) is 54.8 Å². The van der Waals surface area contributed by atoms with Crippen molar-refractivity contribution < 1.29 is 9.53 Å². The van der Waals surface area contributed by atoms with Gasteiger partial charge in [0.1, 0.15) is 5.75 Å². The monoisotopic (exact) mass is 464 g/mol. The number of hydrogen-bond acceptors (Lipinski definition) is 5. The minimum Gasteiger partial charge on any atom is -0.495 e. The third kappa shape index (κ3) is 4.04. The summed E-state index contributed by atoms with van der Waals surface area (Å²) in [5.41, 5.74) is 10.1. The molecule has 8 heteroatoms. The highest BCUT2D eigenvalue weighted by Gasteiger charge is 2.35. The van der Waals surface area contributed by atoms with Crippen molar-refractivity contribution in [3.05, 3.63) is 81.2 Å². The molecule has 3 heterocycles. The molecule has 2 aliphatic rings. The van der Waals surface area contributed by atoms with Gasteiger partial charge in [-0.25, -0.2) is 0 Å². The van der Waals surface area contributed by atoms with E-state index < -0.39 is 0 Å². The molecule has 5 rings (SSSR count). The van der Waals surface area contributed by atoms with Gasteiger partial charge < -0.3 is 25.3 Å². The summed E-state index contributed by atoms with van der Waals surface area (Å²) in [6.07, 6.45) is 1.07. The van der Waals surface area contributed by atoms with Crippen LogP contribution in [0, 0.1) is 5.92 Å². The lowest BCUT2D eigenvalue weighted by Gasteiger charge is -2.44. The second kappa shape index (κ2) is 8.48. The lowest BCUT2D eigenvalue weighted by Crippen LogP contribution is -2.47. The van der Waals surface area contributed by atoms with Gasteiger partial charge in [0, 0.05) is 48.6 Å². The van der Waals surface area contributed by atoms with E-state index in [1.165, 1.54) is 7.11 Å². The summed E-state index contributed by atoms with van der Waals surface area (Å²) in [5, 5.41) is 3.27. The van der Waals surface area contributed by atoms with Gasteiger partial charge in [-0.1, -0.05) is 17.7 Å². The van der Waals surface area contributed by atoms with E-state index in [0.29, 0.717) is 33.6 Å². The number of carbonyl (C=O) groups excluding carboxylic acids is 1. The van der Waals surface area contributed by atoms with E-state index >= 15 is 0 Å². The average molecular weight is 465 g/mol. The number of carbonyl (C=O) groups is 1. The Morgan fingerprint density at radius 1 is 1.12 bits per heavy atom. The fraction of sp³-hybridized carbons (Fsp3) is 0.280. The van der Waals surface area contributed by atoms with E-state index in [4.69, 9.17) is 22.1 Å². The van der Waals surface area contributed by atoms with Gasteiger partial charge in [0.05, 0.1) is 23.5 Å². The summed E-state index contributed by atoms with van der Waals surface area (Å²) in [4.78, 5) is 27.3. The molecule has 2 atom stereocenters. The first kappa shape index (κ1) is 21.4. The van der Waals surface area contributed by atoms with Gasteiger partial charge in [0.15, 0.2) is 0 Å². The van der Waals surface area contributed by atoms with Gasteiger partial charge in [-0.3, -0.25) is 9.59 Å². The maximum absolute atomic E-state index is 12.8. The Morgan fingerprint density at radius 3 is 2.73 bits per heavy atom. The molecule has 0 saturated carbocycles. The van der Waals surface area contributed by atoms with Crippen molar-refractivity contribution in [2.75, 3.05) is 36.1 Å². The topological polar surface area (TPSA) is 89.6 Å². The van der Waals surface area contributed by atoms with Gasteiger partial charge in [-0.15, -0.1) is 0 Å². The predicted octanol–water partition coefficient (Wildman–Crippen LogP) is 3.97. The van der Waals surface area contributed by atoms with E-state index in [2.05, 4.69) is 10.2 Å². The number of ether oxygens (including phenoxy) is 1. The van der Waals surface area contributed by atoms with Gasteiger partial charge in [0.2, 0.25) is 0 Å². The van der Waals surface area contributed by atoms with Crippen molar-refractivity contribution in [2.24, 2.45) is 5.92 Å². The SMILES string of the molecule is COc1ccc(NC(=O)c2ccc(N3CC4CC(C3)c3cccc(=O)n3C4)c(N)c2)cc1Cl. The van der Waals surface area contributed by atoms with Crippen LogP contribution in [0.1, 0.15) is 28.4 Å².